The summed E-state index contributed by atoms with van der Waals surface area (Å²) in [5.74, 6) is 0.599. The third-order valence-corrected chi connectivity index (χ3v) is 2.81. The zero-order valence-electron chi connectivity index (χ0n) is 10.4. The van der Waals surface area contributed by atoms with Crippen molar-refractivity contribution in [3.05, 3.63) is 29.0 Å². The van der Waals surface area contributed by atoms with Crippen LogP contribution in [0.3, 0.4) is 0 Å². The van der Waals surface area contributed by atoms with Crippen molar-refractivity contribution in [2.24, 2.45) is 5.92 Å². The van der Waals surface area contributed by atoms with E-state index in [9.17, 15) is 4.79 Å². The molecule has 1 aromatic rings. The van der Waals surface area contributed by atoms with E-state index in [0.717, 1.165) is 18.8 Å². The zero-order valence-corrected chi connectivity index (χ0v) is 11.1. The van der Waals surface area contributed by atoms with Crippen molar-refractivity contribution in [3.63, 3.8) is 0 Å². The molecule has 0 aliphatic carbocycles. The summed E-state index contributed by atoms with van der Waals surface area (Å²) in [5, 5.41) is 3.26. The van der Waals surface area contributed by atoms with Crippen LogP contribution < -0.4 is 5.32 Å². The molecule has 1 heterocycles. The number of unbranched alkanes of at least 4 members (excludes halogenated alkanes) is 1. The lowest BCUT2D eigenvalue weighted by Crippen LogP contribution is -2.24. The molecule has 0 aliphatic rings. The smallest absolute Gasteiger partial charge is 0.252 e. The lowest BCUT2D eigenvalue weighted by atomic mass is 10.1. The average molecular weight is 255 g/mol. The van der Waals surface area contributed by atoms with E-state index in [1.165, 1.54) is 12.6 Å². The molecule has 94 valence electrons. The van der Waals surface area contributed by atoms with Gasteiger partial charge in [0.1, 0.15) is 0 Å². The number of hydrogen-bond donors (Lipinski definition) is 1. The van der Waals surface area contributed by atoms with Crippen molar-refractivity contribution in [2.45, 2.75) is 33.1 Å². The first-order valence-corrected chi connectivity index (χ1v) is 6.36. The summed E-state index contributed by atoms with van der Waals surface area (Å²) in [6.07, 6.45) is 6.40. The third kappa shape index (κ3) is 5.18. The number of rotatable bonds is 6. The highest BCUT2D eigenvalue weighted by Crippen LogP contribution is 2.13. The summed E-state index contributed by atoms with van der Waals surface area (Å²) >= 11 is 5.88. The maximum absolute atomic E-state index is 11.7. The van der Waals surface area contributed by atoms with Crippen molar-refractivity contribution < 1.29 is 4.79 Å². The van der Waals surface area contributed by atoms with Gasteiger partial charge in [-0.15, -0.1) is 0 Å². The molecule has 4 heteroatoms. The van der Waals surface area contributed by atoms with Crippen LogP contribution in [0.1, 0.15) is 43.5 Å². The Bertz CT molecular complexity index is 366. The summed E-state index contributed by atoms with van der Waals surface area (Å²) in [6.45, 7) is 5.11. The molecular formula is C13H19ClN2O. The molecule has 1 N–H and O–H groups in total. The molecule has 0 spiro atoms. The van der Waals surface area contributed by atoms with E-state index in [1.807, 2.05) is 0 Å². The molecular weight excluding hydrogens is 236 g/mol. The number of amides is 1. The van der Waals surface area contributed by atoms with Gasteiger partial charge in [0, 0.05) is 18.9 Å². The number of nitrogens with one attached hydrogen (secondary N) is 1. The van der Waals surface area contributed by atoms with Crippen LogP contribution >= 0.6 is 11.6 Å². The van der Waals surface area contributed by atoms with Gasteiger partial charge in [0.2, 0.25) is 0 Å². The minimum atomic E-state index is -0.123. The van der Waals surface area contributed by atoms with Gasteiger partial charge in [-0.05, 0) is 18.4 Å². The van der Waals surface area contributed by atoms with E-state index in [0.29, 0.717) is 17.1 Å². The second-order valence-corrected chi connectivity index (χ2v) is 4.91. The van der Waals surface area contributed by atoms with Crippen LogP contribution in [0.2, 0.25) is 5.02 Å². The lowest BCUT2D eigenvalue weighted by molar-refractivity contribution is 0.0953. The summed E-state index contributed by atoms with van der Waals surface area (Å²) in [5.41, 5.74) is 0.491. The van der Waals surface area contributed by atoms with E-state index in [4.69, 9.17) is 11.6 Å². The molecule has 17 heavy (non-hydrogen) atoms. The normalized spacial score (nSPS) is 10.6. The van der Waals surface area contributed by atoms with E-state index >= 15 is 0 Å². The summed E-state index contributed by atoms with van der Waals surface area (Å²) in [7, 11) is 0. The Kier molecular flexibility index (Phi) is 5.98. The number of halogens is 1. The van der Waals surface area contributed by atoms with Gasteiger partial charge >= 0.3 is 0 Å². The van der Waals surface area contributed by atoms with Gasteiger partial charge in [0.15, 0.2) is 0 Å². The number of nitrogens with zero attached hydrogens (tertiary/aromatic N) is 1. The van der Waals surface area contributed by atoms with E-state index < -0.39 is 0 Å². The van der Waals surface area contributed by atoms with Crippen LogP contribution in [-0.4, -0.2) is 17.4 Å². The van der Waals surface area contributed by atoms with Gasteiger partial charge < -0.3 is 5.32 Å². The van der Waals surface area contributed by atoms with Gasteiger partial charge in [0.05, 0.1) is 10.6 Å². The van der Waals surface area contributed by atoms with Crippen molar-refractivity contribution in [1.82, 2.24) is 10.3 Å². The largest absolute Gasteiger partial charge is 0.352 e. The zero-order chi connectivity index (χ0) is 12.7. The van der Waals surface area contributed by atoms with E-state index in [1.54, 1.807) is 12.3 Å². The van der Waals surface area contributed by atoms with E-state index in [-0.39, 0.29) is 5.91 Å². The standard InChI is InChI=1S/C13H19ClN2O/c1-10(2)5-3-4-7-16-13(17)11-6-8-15-9-12(11)14/h6,8-10H,3-5,7H2,1-2H3,(H,16,17). The number of hydrogen-bond acceptors (Lipinski definition) is 2. The molecule has 1 rings (SSSR count). The predicted molar refractivity (Wildman–Crippen MR) is 70.3 cm³/mol. The summed E-state index contributed by atoms with van der Waals surface area (Å²) < 4.78 is 0. The van der Waals surface area contributed by atoms with Crippen molar-refractivity contribution in [1.29, 1.82) is 0 Å². The maximum atomic E-state index is 11.7. The first-order valence-electron chi connectivity index (χ1n) is 5.99. The Labute approximate surface area is 108 Å². The first kappa shape index (κ1) is 14.0. The summed E-state index contributed by atoms with van der Waals surface area (Å²) in [6, 6.07) is 1.63. The fourth-order valence-corrected chi connectivity index (χ4v) is 1.74. The minimum Gasteiger partial charge on any atom is -0.352 e. The number of aromatic nitrogens is 1. The number of carbonyl (C=O) groups excluding carboxylic acids is 1. The molecule has 1 aromatic heterocycles. The Morgan fingerprint density at radius 3 is 2.88 bits per heavy atom. The molecule has 0 saturated heterocycles. The molecule has 0 aromatic carbocycles. The Morgan fingerprint density at radius 1 is 1.47 bits per heavy atom. The SMILES string of the molecule is CC(C)CCCCNC(=O)c1ccncc1Cl. The van der Waals surface area contributed by atoms with Crippen LogP contribution in [-0.2, 0) is 0 Å². The van der Waals surface area contributed by atoms with E-state index in [2.05, 4.69) is 24.1 Å². The van der Waals surface area contributed by atoms with Gasteiger partial charge in [0.25, 0.3) is 5.91 Å². The molecule has 0 bridgehead atoms. The topological polar surface area (TPSA) is 42.0 Å². The van der Waals surface area contributed by atoms with Crippen molar-refractivity contribution >= 4 is 17.5 Å². The van der Waals surface area contributed by atoms with Crippen LogP contribution in [0, 0.1) is 5.92 Å². The lowest BCUT2D eigenvalue weighted by Gasteiger charge is -2.07. The third-order valence-electron chi connectivity index (χ3n) is 2.51. The highest BCUT2D eigenvalue weighted by Gasteiger charge is 2.08. The molecule has 0 saturated carbocycles. The molecule has 0 atom stereocenters. The monoisotopic (exact) mass is 254 g/mol. The molecule has 0 radical (unpaired) electrons. The highest BCUT2D eigenvalue weighted by atomic mass is 35.5. The first-order chi connectivity index (χ1) is 8.11. The number of carbonyl (C=O) groups is 1. The fraction of sp³-hybridized carbons (Fsp3) is 0.538. The van der Waals surface area contributed by atoms with Crippen LogP contribution in [0.25, 0.3) is 0 Å². The van der Waals surface area contributed by atoms with Crippen LogP contribution in [0.4, 0.5) is 0 Å². The van der Waals surface area contributed by atoms with Gasteiger partial charge in [-0.3, -0.25) is 9.78 Å². The van der Waals surface area contributed by atoms with Gasteiger partial charge in [-0.25, -0.2) is 0 Å². The van der Waals surface area contributed by atoms with Crippen molar-refractivity contribution in [3.8, 4) is 0 Å². The second-order valence-electron chi connectivity index (χ2n) is 4.50. The maximum Gasteiger partial charge on any atom is 0.252 e. The Morgan fingerprint density at radius 2 is 2.24 bits per heavy atom. The number of pyridine rings is 1. The molecule has 0 aliphatic heterocycles. The van der Waals surface area contributed by atoms with Crippen LogP contribution in [0.5, 0.6) is 0 Å². The Balaban J connectivity index is 2.29. The van der Waals surface area contributed by atoms with Gasteiger partial charge in [-0.1, -0.05) is 38.3 Å². The second kappa shape index (κ2) is 7.28. The molecule has 0 unspecified atom stereocenters. The fourth-order valence-electron chi connectivity index (χ4n) is 1.53. The van der Waals surface area contributed by atoms with Gasteiger partial charge in [-0.2, -0.15) is 0 Å². The van der Waals surface area contributed by atoms with Crippen molar-refractivity contribution in [2.75, 3.05) is 6.54 Å². The predicted octanol–water partition coefficient (Wildman–Crippen LogP) is 3.29. The summed E-state index contributed by atoms with van der Waals surface area (Å²) in [4.78, 5) is 15.6. The molecule has 3 nitrogen and oxygen atoms in total. The highest BCUT2D eigenvalue weighted by molar-refractivity contribution is 6.33. The van der Waals surface area contributed by atoms with Crippen LogP contribution in [0.15, 0.2) is 18.5 Å². The Hall–Kier alpha value is -1.09. The average Bonchev–Trinajstić information content (AvgIpc) is 2.28. The molecule has 0 fully saturated rings. The minimum absolute atomic E-state index is 0.123. The quantitative estimate of drug-likeness (QED) is 0.792. The molecule has 1 amide bonds.